The molecule has 0 aliphatic rings. The van der Waals surface area contributed by atoms with Gasteiger partial charge in [0.25, 0.3) is 0 Å². The predicted molar refractivity (Wildman–Crippen MR) is 51.1 cm³/mol. The molecule has 11 heavy (non-hydrogen) atoms. The van der Waals surface area contributed by atoms with Crippen LogP contribution in [0.4, 0.5) is 0 Å². The van der Waals surface area contributed by atoms with Crippen LogP contribution in [0.15, 0.2) is 30.5 Å². The summed E-state index contributed by atoms with van der Waals surface area (Å²) in [6.45, 7) is 2.09. The lowest BCUT2D eigenvalue weighted by Gasteiger charge is -1.91. The van der Waals surface area contributed by atoms with E-state index in [1.165, 1.54) is 16.5 Å². The first-order valence-electron chi connectivity index (χ1n) is 3.55. The minimum absolute atomic E-state index is 1.17. The quantitative estimate of drug-likeness (QED) is 0.570. The van der Waals surface area contributed by atoms with Crippen molar-refractivity contribution in [2.24, 2.45) is 0 Å². The Labute approximate surface area is 71.2 Å². The number of para-hydroxylation sites is 1. The molecule has 0 unspecified atom stereocenters. The third-order valence-electron chi connectivity index (χ3n) is 1.89. The molecule has 0 aliphatic heterocycles. The molecule has 1 heterocycles. The summed E-state index contributed by atoms with van der Waals surface area (Å²) in [5, 5.41) is 1.28. The number of nitrogens with zero attached hydrogens (tertiary/aromatic N) is 1. The summed E-state index contributed by atoms with van der Waals surface area (Å²) in [5.74, 6) is 0. The summed E-state index contributed by atoms with van der Waals surface area (Å²) in [6, 6.07) is 8.24. The Morgan fingerprint density at radius 3 is 2.73 bits per heavy atom. The van der Waals surface area contributed by atoms with E-state index < -0.39 is 0 Å². The highest BCUT2D eigenvalue weighted by molar-refractivity contribution is 7.78. The van der Waals surface area contributed by atoms with Crippen LogP contribution in [-0.2, 0) is 0 Å². The first kappa shape index (κ1) is 6.80. The molecule has 56 valence electrons. The van der Waals surface area contributed by atoms with Gasteiger partial charge < -0.3 is 0 Å². The van der Waals surface area contributed by atoms with Crippen LogP contribution in [0.1, 0.15) is 5.56 Å². The van der Waals surface area contributed by atoms with Crippen LogP contribution in [0.3, 0.4) is 0 Å². The lowest BCUT2D eigenvalue weighted by molar-refractivity contribution is 1.34. The molecule has 0 bridgehead atoms. The summed E-state index contributed by atoms with van der Waals surface area (Å²) in [7, 11) is 0. The maximum Gasteiger partial charge on any atom is 0.0591 e. The topological polar surface area (TPSA) is 4.93 Å². The first-order chi connectivity index (χ1) is 5.29. The molecule has 1 nitrogen and oxygen atoms in total. The minimum Gasteiger partial charge on any atom is -0.294 e. The third kappa shape index (κ3) is 0.942. The van der Waals surface area contributed by atoms with E-state index in [0.29, 0.717) is 0 Å². The molecule has 2 rings (SSSR count). The summed E-state index contributed by atoms with van der Waals surface area (Å²) >= 11 is 4.29. The van der Waals surface area contributed by atoms with Crippen molar-refractivity contribution in [1.29, 1.82) is 0 Å². The molecular weight excluding hydrogens is 154 g/mol. The van der Waals surface area contributed by atoms with Gasteiger partial charge in [0, 0.05) is 11.6 Å². The van der Waals surface area contributed by atoms with E-state index in [-0.39, 0.29) is 0 Å². The smallest absolute Gasteiger partial charge is 0.0591 e. The zero-order valence-electron chi connectivity index (χ0n) is 6.28. The lowest BCUT2D eigenvalue weighted by Crippen LogP contribution is -1.73. The Kier molecular flexibility index (Phi) is 1.43. The van der Waals surface area contributed by atoms with E-state index >= 15 is 0 Å². The minimum atomic E-state index is 1.17. The number of aryl methyl sites for hydroxylation is 1. The molecular formula is C9H9NS. The zero-order valence-corrected chi connectivity index (χ0v) is 7.18. The standard InChI is InChI=1S/C9H9NS/c1-7-6-10(11)9-5-3-2-4-8(7)9/h2-6,11H,1H3. The number of thiol groups is 1. The Bertz CT molecular complexity index is 353. The predicted octanol–water partition coefficient (Wildman–Crippen LogP) is 2.64. The van der Waals surface area contributed by atoms with Gasteiger partial charge in [-0.2, -0.15) is 0 Å². The van der Waals surface area contributed by atoms with Crippen molar-refractivity contribution in [1.82, 2.24) is 3.97 Å². The fourth-order valence-electron chi connectivity index (χ4n) is 1.33. The molecule has 0 saturated heterocycles. The summed E-state index contributed by atoms with van der Waals surface area (Å²) in [4.78, 5) is 0. The molecule has 0 fully saturated rings. The van der Waals surface area contributed by atoms with Gasteiger partial charge in [-0.1, -0.05) is 31.0 Å². The van der Waals surface area contributed by atoms with Crippen LogP contribution in [0.2, 0.25) is 0 Å². The third-order valence-corrected chi connectivity index (χ3v) is 2.22. The van der Waals surface area contributed by atoms with Crippen molar-refractivity contribution in [3.63, 3.8) is 0 Å². The molecule has 0 N–H and O–H groups in total. The summed E-state index contributed by atoms with van der Waals surface area (Å²) in [6.07, 6.45) is 2.02. The average molecular weight is 163 g/mol. The zero-order chi connectivity index (χ0) is 7.84. The SMILES string of the molecule is Cc1cn(S)c2ccccc12. The van der Waals surface area contributed by atoms with Gasteiger partial charge in [-0.25, -0.2) is 0 Å². The molecule has 0 aliphatic carbocycles. The van der Waals surface area contributed by atoms with Gasteiger partial charge >= 0.3 is 0 Å². The van der Waals surface area contributed by atoms with Crippen LogP contribution in [0.25, 0.3) is 10.9 Å². The highest BCUT2D eigenvalue weighted by Gasteiger charge is 1.99. The molecule has 0 saturated carbocycles. The van der Waals surface area contributed by atoms with Crippen molar-refractivity contribution in [2.75, 3.05) is 0 Å². The molecule has 0 amide bonds. The Hall–Kier alpha value is -0.890. The van der Waals surface area contributed by atoms with Crippen molar-refractivity contribution in [3.8, 4) is 0 Å². The van der Waals surface area contributed by atoms with Gasteiger partial charge in [0.1, 0.15) is 0 Å². The monoisotopic (exact) mass is 163 g/mol. The largest absolute Gasteiger partial charge is 0.294 e. The number of hydrogen-bond acceptors (Lipinski definition) is 1. The van der Waals surface area contributed by atoms with Crippen LogP contribution < -0.4 is 0 Å². The van der Waals surface area contributed by atoms with E-state index in [0.717, 1.165) is 0 Å². The van der Waals surface area contributed by atoms with Crippen LogP contribution in [-0.4, -0.2) is 3.97 Å². The normalized spacial score (nSPS) is 10.7. The summed E-state index contributed by atoms with van der Waals surface area (Å²) < 4.78 is 1.85. The van der Waals surface area contributed by atoms with Gasteiger partial charge in [0.15, 0.2) is 0 Å². The molecule has 2 heteroatoms. The van der Waals surface area contributed by atoms with E-state index in [2.05, 4.69) is 31.9 Å². The van der Waals surface area contributed by atoms with Gasteiger partial charge in [-0.15, -0.1) is 0 Å². The van der Waals surface area contributed by atoms with Crippen molar-refractivity contribution < 1.29 is 0 Å². The summed E-state index contributed by atoms with van der Waals surface area (Å²) in [5.41, 5.74) is 2.45. The first-order valence-corrected chi connectivity index (χ1v) is 3.95. The van der Waals surface area contributed by atoms with Crippen molar-refractivity contribution >= 4 is 23.7 Å². The highest BCUT2D eigenvalue weighted by atomic mass is 32.1. The maximum atomic E-state index is 4.29. The Morgan fingerprint density at radius 2 is 2.00 bits per heavy atom. The van der Waals surface area contributed by atoms with E-state index in [9.17, 15) is 0 Å². The number of aromatic nitrogens is 1. The molecule has 2 aromatic rings. The van der Waals surface area contributed by atoms with E-state index in [1.807, 2.05) is 22.3 Å². The van der Waals surface area contributed by atoms with Crippen LogP contribution in [0.5, 0.6) is 0 Å². The number of fused-ring (bicyclic) bond motifs is 1. The van der Waals surface area contributed by atoms with Gasteiger partial charge in [-0.05, 0) is 18.6 Å². The average Bonchev–Trinajstić information content (AvgIpc) is 2.30. The number of benzene rings is 1. The van der Waals surface area contributed by atoms with Crippen LogP contribution >= 0.6 is 12.8 Å². The second-order valence-electron chi connectivity index (χ2n) is 2.67. The second-order valence-corrected chi connectivity index (χ2v) is 3.10. The van der Waals surface area contributed by atoms with E-state index in [4.69, 9.17) is 0 Å². The van der Waals surface area contributed by atoms with Crippen molar-refractivity contribution in [2.45, 2.75) is 6.92 Å². The Balaban J connectivity index is 2.95. The fourth-order valence-corrected chi connectivity index (χ4v) is 1.68. The molecule has 1 aromatic carbocycles. The Morgan fingerprint density at radius 1 is 1.27 bits per heavy atom. The number of hydrogen-bond donors (Lipinski definition) is 1. The van der Waals surface area contributed by atoms with Crippen molar-refractivity contribution in [3.05, 3.63) is 36.0 Å². The lowest BCUT2D eigenvalue weighted by atomic mass is 10.2. The van der Waals surface area contributed by atoms with Gasteiger partial charge in [-0.3, -0.25) is 3.97 Å². The fraction of sp³-hybridized carbons (Fsp3) is 0.111. The molecule has 0 atom stereocenters. The molecule has 0 spiro atoms. The highest BCUT2D eigenvalue weighted by Crippen LogP contribution is 2.20. The maximum absolute atomic E-state index is 4.29. The van der Waals surface area contributed by atoms with Gasteiger partial charge in [0.05, 0.1) is 5.52 Å². The van der Waals surface area contributed by atoms with Gasteiger partial charge in [0.2, 0.25) is 0 Å². The number of rotatable bonds is 0. The molecule has 0 radical (unpaired) electrons. The van der Waals surface area contributed by atoms with Crippen LogP contribution in [0, 0.1) is 6.92 Å². The van der Waals surface area contributed by atoms with E-state index in [1.54, 1.807) is 0 Å². The molecule has 1 aromatic heterocycles. The second kappa shape index (κ2) is 2.31.